The van der Waals surface area contributed by atoms with Gasteiger partial charge in [-0.05, 0) is 25.2 Å². The molecule has 29 heavy (non-hydrogen) atoms. The summed E-state index contributed by atoms with van der Waals surface area (Å²) in [5.41, 5.74) is 0.584. The van der Waals surface area contributed by atoms with Gasteiger partial charge in [-0.25, -0.2) is 13.2 Å². The average Bonchev–Trinajstić information content (AvgIpc) is 2.87. The fraction of sp³-hybridized carbons (Fsp3) is 0.238. The summed E-state index contributed by atoms with van der Waals surface area (Å²) in [7, 11) is -0.507. The zero-order chi connectivity index (χ0) is 21.0. The molecule has 0 spiro atoms. The smallest absolute Gasteiger partial charge is 0.433 e. The van der Waals surface area contributed by atoms with Crippen LogP contribution in [0.15, 0.2) is 66.4 Å². The molecule has 2 aromatic carbocycles. The number of sulfone groups is 1. The van der Waals surface area contributed by atoms with Gasteiger partial charge in [-0.15, -0.1) is 0 Å². The predicted octanol–water partition coefficient (Wildman–Crippen LogP) is 2.81. The Morgan fingerprint density at radius 2 is 1.59 bits per heavy atom. The van der Waals surface area contributed by atoms with E-state index >= 15 is 0 Å². The summed E-state index contributed by atoms with van der Waals surface area (Å²) in [6.45, 7) is 0.501. The minimum atomic E-state index is -4.12. The number of allylic oxidation sites excluding steroid dienone is 1. The van der Waals surface area contributed by atoms with Gasteiger partial charge in [0.2, 0.25) is 5.78 Å². The molecule has 0 bridgehead atoms. The highest BCUT2D eigenvalue weighted by atomic mass is 32.2. The molecule has 1 unspecified atom stereocenters. The van der Waals surface area contributed by atoms with Crippen molar-refractivity contribution >= 4 is 26.7 Å². The standard InChI is InChI=1S/C21H21NO6S/c1-22(2)13-14-27-21(24)28-18-17(23)19(15-9-5-3-6-10-15)29(25,26)20(18)16-11-7-4-8-12-16/h3-12,19H,13-14H2,1-2H3. The topological polar surface area (TPSA) is 90.0 Å². The molecular formula is C21H21NO6S. The Hall–Kier alpha value is -2.97. The highest BCUT2D eigenvalue weighted by Crippen LogP contribution is 2.44. The predicted molar refractivity (Wildman–Crippen MR) is 107 cm³/mol. The van der Waals surface area contributed by atoms with Crippen LogP contribution in [0.4, 0.5) is 4.79 Å². The van der Waals surface area contributed by atoms with Crippen molar-refractivity contribution in [3.05, 3.63) is 77.5 Å². The second-order valence-electron chi connectivity index (χ2n) is 6.73. The Labute approximate surface area is 169 Å². The highest BCUT2D eigenvalue weighted by molar-refractivity contribution is 8.02. The molecule has 0 saturated heterocycles. The number of hydrogen-bond donors (Lipinski definition) is 0. The van der Waals surface area contributed by atoms with Gasteiger partial charge in [-0.3, -0.25) is 4.79 Å². The fourth-order valence-corrected chi connectivity index (χ4v) is 4.99. The normalized spacial score (nSPS) is 18.2. The molecule has 1 aliphatic rings. The van der Waals surface area contributed by atoms with Gasteiger partial charge in [0.15, 0.2) is 20.8 Å². The number of rotatable bonds is 6. The van der Waals surface area contributed by atoms with Crippen LogP contribution < -0.4 is 0 Å². The van der Waals surface area contributed by atoms with Crippen molar-refractivity contribution in [1.29, 1.82) is 0 Å². The highest BCUT2D eigenvalue weighted by Gasteiger charge is 2.50. The van der Waals surface area contributed by atoms with E-state index in [2.05, 4.69) is 0 Å². The first-order chi connectivity index (χ1) is 13.8. The molecule has 2 aromatic rings. The number of Topliss-reactive ketones (excluding diaryl/α,β-unsaturated/α-hetero) is 1. The lowest BCUT2D eigenvalue weighted by molar-refractivity contribution is -0.117. The monoisotopic (exact) mass is 415 g/mol. The van der Waals surface area contributed by atoms with Gasteiger partial charge < -0.3 is 14.4 Å². The largest absolute Gasteiger partial charge is 0.514 e. The quantitative estimate of drug-likeness (QED) is 0.670. The fourth-order valence-electron chi connectivity index (χ4n) is 2.98. The van der Waals surface area contributed by atoms with E-state index in [1.54, 1.807) is 65.6 Å². The summed E-state index contributed by atoms with van der Waals surface area (Å²) in [6, 6.07) is 16.2. The Morgan fingerprint density at radius 1 is 1.00 bits per heavy atom. The molecule has 1 heterocycles. The van der Waals surface area contributed by atoms with E-state index in [0.717, 1.165) is 0 Å². The molecule has 1 atom stereocenters. The Morgan fingerprint density at radius 3 is 2.17 bits per heavy atom. The van der Waals surface area contributed by atoms with Crippen LogP contribution in [-0.4, -0.2) is 52.5 Å². The number of likely N-dealkylation sites (N-methyl/N-ethyl adjacent to an activating group) is 1. The molecule has 0 amide bonds. The maximum atomic E-state index is 13.3. The SMILES string of the molecule is CN(C)CCOC(=O)OC1=C(c2ccccc2)S(=O)(=O)C(c2ccccc2)C1=O. The lowest BCUT2D eigenvalue weighted by Crippen LogP contribution is -2.21. The maximum absolute atomic E-state index is 13.3. The van der Waals surface area contributed by atoms with Crippen molar-refractivity contribution < 1.29 is 27.5 Å². The van der Waals surface area contributed by atoms with Crippen LogP contribution in [-0.2, 0) is 24.1 Å². The van der Waals surface area contributed by atoms with Crippen molar-refractivity contribution in [1.82, 2.24) is 4.90 Å². The zero-order valence-corrected chi connectivity index (χ0v) is 16.9. The molecule has 0 N–H and O–H groups in total. The summed E-state index contributed by atoms with van der Waals surface area (Å²) in [4.78, 5) is 26.7. The minimum Gasteiger partial charge on any atom is -0.433 e. The molecule has 0 aliphatic carbocycles. The molecule has 1 aliphatic heterocycles. The van der Waals surface area contributed by atoms with Crippen molar-refractivity contribution in [3.63, 3.8) is 0 Å². The summed E-state index contributed by atoms with van der Waals surface area (Å²) >= 11 is 0. The van der Waals surface area contributed by atoms with E-state index in [4.69, 9.17) is 9.47 Å². The van der Waals surface area contributed by atoms with Crippen molar-refractivity contribution in [2.24, 2.45) is 0 Å². The first kappa shape index (κ1) is 20.8. The van der Waals surface area contributed by atoms with Crippen LogP contribution in [0.5, 0.6) is 0 Å². The molecule has 0 fully saturated rings. The average molecular weight is 415 g/mol. The van der Waals surface area contributed by atoms with Gasteiger partial charge in [0, 0.05) is 6.54 Å². The van der Waals surface area contributed by atoms with E-state index in [-0.39, 0.29) is 17.1 Å². The van der Waals surface area contributed by atoms with E-state index < -0.39 is 32.8 Å². The van der Waals surface area contributed by atoms with Crippen LogP contribution in [0.25, 0.3) is 4.91 Å². The number of ketones is 1. The number of benzene rings is 2. The van der Waals surface area contributed by atoms with Gasteiger partial charge in [0.1, 0.15) is 11.5 Å². The van der Waals surface area contributed by atoms with E-state index in [1.807, 2.05) is 14.1 Å². The van der Waals surface area contributed by atoms with E-state index in [1.165, 1.54) is 0 Å². The van der Waals surface area contributed by atoms with E-state index in [0.29, 0.717) is 12.1 Å². The zero-order valence-electron chi connectivity index (χ0n) is 16.1. The summed E-state index contributed by atoms with van der Waals surface area (Å²) < 4.78 is 36.7. The minimum absolute atomic E-state index is 0.0445. The van der Waals surface area contributed by atoms with Gasteiger partial charge in [-0.2, -0.15) is 0 Å². The van der Waals surface area contributed by atoms with Crippen molar-refractivity contribution in [2.75, 3.05) is 27.2 Å². The maximum Gasteiger partial charge on any atom is 0.514 e. The molecular weight excluding hydrogens is 394 g/mol. The van der Waals surface area contributed by atoms with Crippen LogP contribution in [0.3, 0.4) is 0 Å². The van der Waals surface area contributed by atoms with Gasteiger partial charge in [-0.1, -0.05) is 60.7 Å². The molecule has 0 aromatic heterocycles. The number of ether oxygens (including phenoxy) is 2. The number of carbonyl (C=O) groups excluding carboxylic acids is 2. The lowest BCUT2D eigenvalue weighted by Gasteiger charge is -2.10. The van der Waals surface area contributed by atoms with Crippen LogP contribution in [0, 0.1) is 0 Å². The third-order valence-corrected chi connectivity index (χ3v) is 6.44. The van der Waals surface area contributed by atoms with Gasteiger partial charge >= 0.3 is 6.16 Å². The molecule has 3 rings (SSSR count). The Balaban J connectivity index is 2.00. The number of nitrogens with zero attached hydrogens (tertiary/aromatic N) is 1. The summed E-state index contributed by atoms with van der Waals surface area (Å²) in [6.07, 6.45) is -1.12. The Bertz CT molecular complexity index is 1030. The second kappa shape index (κ2) is 8.59. The Kier molecular flexibility index (Phi) is 6.14. The molecule has 7 nitrogen and oxygen atoms in total. The molecule has 0 radical (unpaired) electrons. The van der Waals surface area contributed by atoms with Gasteiger partial charge in [0.05, 0.1) is 0 Å². The molecule has 8 heteroatoms. The number of carbonyl (C=O) groups is 2. The van der Waals surface area contributed by atoms with Crippen LogP contribution in [0.2, 0.25) is 0 Å². The van der Waals surface area contributed by atoms with Crippen molar-refractivity contribution in [3.8, 4) is 0 Å². The second-order valence-corrected chi connectivity index (χ2v) is 8.70. The number of hydrogen-bond acceptors (Lipinski definition) is 7. The summed E-state index contributed by atoms with van der Waals surface area (Å²) in [5, 5.41) is -1.47. The third-order valence-electron chi connectivity index (χ3n) is 4.35. The lowest BCUT2D eigenvalue weighted by atomic mass is 10.1. The molecule has 152 valence electrons. The third kappa shape index (κ3) is 4.38. The van der Waals surface area contributed by atoms with Crippen LogP contribution >= 0.6 is 0 Å². The first-order valence-electron chi connectivity index (χ1n) is 8.94. The van der Waals surface area contributed by atoms with Crippen LogP contribution in [0.1, 0.15) is 16.4 Å². The van der Waals surface area contributed by atoms with E-state index in [9.17, 15) is 18.0 Å². The summed E-state index contributed by atoms with van der Waals surface area (Å²) in [5.74, 6) is -1.31. The molecule has 0 saturated carbocycles. The first-order valence-corrected chi connectivity index (χ1v) is 10.5. The van der Waals surface area contributed by atoms with Crippen molar-refractivity contribution in [2.45, 2.75) is 5.25 Å². The van der Waals surface area contributed by atoms with Gasteiger partial charge in [0.25, 0.3) is 0 Å².